The molecule has 0 saturated carbocycles. The molecule has 22 heavy (non-hydrogen) atoms. The van der Waals surface area contributed by atoms with Gasteiger partial charge in [0.05, 0.1) is 6.04 Å². The monoisotopic (exact) mass is 322 g/mol. The molecule has 2 amide bonds. The van der Waals surface area contributed by atoms with E-state index in [0.29, 0.717) is 6.42 Å². The van der Waals surface area contributed by atoms with Gasteiger partial charge in [-0.25, -0.2) is 0 Å². The lowest BCUT2D eigenvalue weighted by atomic mass is 10.1. The van der Waals surface area contributed by atoms with Crippen LogP contribution < -0.4 is 10.6 Å². The Hall–Kier alpha value is -1.49. The summed E-state index contributed by atoms with van der Waals surface area (Å²) in [5.74, 6) is 1.96. The van der Waals surface area contributed by atoms with Gasteiger partial charge in [0, 0.05) is 24.8 Å². The van der Waals surface area contributed by atoms with E-state index < -0.39 is 0 Å². The summed E-state index contributed by atoms with van der Waals surface area (Å²) in [6.45, 7) is 5.60. The number of benzene rings is 1. The molecule has 0 fully saturated rings. The lowest BCUT2D eigenvalue weighted by Gasteiger charge is -2.15. The van der Waals surface area contributed by atoms with Crippen molar-refractivity contribution in [2.24, 2.45) is 0 Å². The van der Waals surface area contributed by atoms with Gasteiger partial charge in [0.15, 0.2) is 0 Å². The fourth-order valence-corrected chi connectivity index (χ4v) is 3.03. The molecule has 0 aliphatic rings. The number of nitrogens with one attached hydrogen (secondary N) is 2. The fraction of sp³-hybridized carbons (Fsp3) is 0.529. The molecule has 0 saturated heterocycles. The summed E-state index contributed by atoms with van der Waals surface area (Å²) in [4.78, 5) is 23.0. The van der Waals surface area contributed by atoms with E-state index in [0.717, 1.165) is 22.8 Å². The maximum absolute atomic E-state index is 11.9. The molecule has 0 aliphatic heterocycles. The molecule has 0 aliphatic carbocycles. The van der Waals surface area contributed by atoms with Crippen molar-refractivity contribution >= 4 is 29.3 Å². The van der Waals surface area contributed by atoms with Crippen LogP contribution in [0.15, 0.2) is 24.3 Å². The lowest BCUT2D eigenvalue weighted by molar-refractivity contribution is -0.121. The van der Waals surface area contributed by atoms with Gasteiger partial charge in [-0.2, -0.15) is 11.8 Å². The van der Waals surface area contributed by atoms with Gasteiger partial charge in [-0.3, -0.25) is 9.59 Å². The number of hydrogen-bond donors (Lipinski definition) is 2. The van der Waals surface area contributed by atoms with Gasteiger partial charge in [-0.15, -0.1) is 0 Å². The van der Waals surface area contributed by atoms with E-state index in [1.54, 1.807) is 0 Å². The number of carbonyl (C=O) groups excluding carboxylic acids is 2. The van der Waals surface area contributed by atoms with E-state index in [9.17, 15) is 9.59 Å². The Morgan fingerprint density at radius 3 is 2.73 bits per heavy atom. The van der Waals surface area contributed by atoms with Crippen LogP contribution in [0.2, 0.25) is 0 Å². The van der Waals surface area contributed by atoms with Crippen molar-refractivity contribution in [3.05, 3.63) is 29.8 Å². The topological polar surface area (TPSA) is 58.2 Å². The summed E-state index contributed by atoms with van der Waals surface area (Å²) < 4.78 is 0. The van der Waals surface area contributed by atoms with E-state index in [1.165, 1.54) is 19.8 Å². The zero-order valence-corrected chi connectivity index (χ0v) is 14.5. The van der Waals surface area contributed by atoms with Crippen LogP contribution in [-0.4, -0.2) is 23.3 Å². The molecule has 0 bridgehead atoms. The Morgan fingerprint density at radius 2 is 2.05 bits per heavy atom. The second kappa shape index (κ2) is 10.3. The van der Waals surface area contributed by atoms with Crippen molar-refractivity contribution in [1.82, 2.24) is 5.32 Å². The van der Waals surface area contributed by atoms with Gasteiger partial charge in [0.2, 0.25) is 11.8 Å². The number of amides is 2. The number of unbranched alkanes of at least 4 members (excludes halogenated alkanes) is 1. The third-order valence-electron chi connectivity index (χ3n) is 3.20. The molecule has 4 nitrogen and oxygen atoms in total. The highest BCUT2D eigenvalue weighted by Gasteiger charge is 2.10. The van der Waals surface area contributed by atoms with Crippen LogP contribution in [0.3, 0.4) is 0 Å². The van der Waals surface area contributed by atoms with Gasteiger partial charge < -0.3 is 10.6 Å². The first-order valence-electron chi connectivity index (χ1n) is 7.77. The van der Waals surface area contributed by atoms with Crippen molar-refractivity contribution in [2.75, 3.05) is 16.8 Å². The van der Waals surface area contributed by atoms with E-state index >= 15 is 0 Å². The molecular weight excluding hydrogens is 296 g/mol. The minimum Gasteiger partial charge on any atom is -0.350 e. The molecule has 2 N–H and O–H groups in total. The van der Waals surface area contributed by atoms with E-state index in [4.69, 9.17) is 0 Å². The third-order valence-corrected chi connectivity index (χ3v) is 4.27. The van der Waals surface area contributed by atoms with Gasteiger partial charge in [-0.1, -0.05) is 25.5 Å². The number of carbonyl (C=O) groups is 2. The Kier molecular flexibility index (Phi) is 8.67. The van der Waals surface area contributed by atoms with Crippen molar-refractivity contribution in [2.45, 2.75) is 46.1 Å². The molecule has 0 radical (unpaired) electrons. The average molecular weight is 322 g/mol. The van der Waals surface area contributed by atoms with Crippen LogP contribution in [-0.2, 0) is 9.59 Å². The highest BCUT2D eigenvalue weighted by atomic mass is 32.2. The number of thioether (sulfide) groups is 1. The van der Waals surface area contributed by atoms with Crippen molar-refractivity contribution in [3.63, 3.8) is 0 Å². The fourth-order valence-electron chi connectivity index (χ4n) is 2.00. The predicted molar refractivity (Wildman–Crippen MR) is 94.2 cm³/mol. The Balaban J connectivity index is 2.42. The van der Waals surface area contributed by atoms with Crippen LogP contribution in [0.25, 0.3) is 0 Å². The van der Waals surface area contributed by atoms with Crippen LogP contribution in [0.1, 0.15) is 51.6 Å². The normalized spacial score (nSPS) is 11.8. The minimum atomic E-state index is -0.0991. The second-order valence-electron chi connectivity index (χ2n) is 5.31. The zero-order valence-electron chi connectivity index (χ0n) is 13.6. The first kappa shape index (κ1) is 18.6. The maximum Gasteiger partial charge on any atom is 0.221 e. The molecule has 1 aromatic carbocycles. The van der Waals surface area contributed by atoms with Gasteiger partial charge in [0.1, 0.15) is 0 Å². The highest BCUT2D eigenvalue weighted by molar-refractivity contribution is 7.99. The summed E-state index contributed by atoms with van der Waals surface area (Å²) in [6.07, 6.45) is 2.95. The predicted octanol–water partition coefficient (Wildman–Crippen LogP) is 3.75. The summed E-state index contributed by atoms with van der Waals surface area (Å²) in [7, 11) is 0. The minimum absolute atomic E-state index is 0.0677. The lowest BCUT2D eigenvalue weighted by Crippen LogP contribution is -2.27. The molecule has 122 valence electrons. The largest absolute Gasteiger partial charge is 0.350 e. The SMILES string of the molecule is CCCCSCCC(=O)N[C@@H](C)c1cccc(NC(C)=O)c1. The van der Waals surface area contributed by atoms with Crippen LogP contribution in [0, 0.1) is 0 Å². The van der Waals surface area contributed by atoms with Crippen molar-refractivity contribution < 1.29 is 9.59 Å². The number of anilines is 1. The molecule has 0 heterocycles. The Labute approximate surface area is 137 Å². The summed E-state index contributed by atoms with van der Waals surface area (Å²) in [5, 5.41) is 5.75. The highest BCUT2D eigenvalue weighted by Crippen LogP contribution is 2.17. The average Bonchev–Trinajstić information content (AvgIpc) is 2.46. The molecule has 1 atom stereocenters. The molecule has 0 unspecified atom stereocenters. The van der Waals surface area contributed by atoms with Crippen LogP contribution in [0.5, 0.6) is 0 Å². The summed E-state index contributed by atoms with van der Waals surface area (Å²) in [5.41, 5.74) is 1.74. The molecule has 5 heteroatoms. The standard InChI is InChI=1S/C17H26N2O2S/c1-4-5-10-22-11-9-17(21)18-13(2)15-7-6-8-16(12-15)19-14(3)20/h6-8,12-13H,4-5,9-11H2,1-3H3,(H,18,21)(H,19,20)/t13-/m0/s1. The summed E-state index contributed by atoms with van der Waals surface area (Å²) in [6, 6.07) is 7.49. The Bertz CT molecular complexity index is 491. The van der Waals surface area contributed by atoms with E-state index in [2.05, 4.69) is 17.6 Å². The molecule has 1 rings (SSSR count). The first-order valence-corrected chi connectivity index (χ1v) is 8.93. The summed E-state index contributed by atoms with van der Waals surface area (Å²) >= 11 is 1.83. The Morgan fingerprint density at radius 1 is 1.27 bits per heavy atom. The van der Waals surface area contributed by atoms with E-state index in [1.807, 2.05) is 43.0 Å². The smallest absolute Gasteiger partial charge is 0.221 e. The second-order valence-corrected chi connectivity index (χ2v) is 6.54. The van der Waals surface area contributed by atoms with Crippen LogP contribution in [0.4, 0.5) is 5.69 Å². The van der Waals surface area contributed by atoms with Gasteiger partial charge in [-0.05, 0) is 36.8 Å². The first-order chi connectivity index (χ1) is 10.5. The number of hydrogen-bond acceptors (Lipinski definition) is 3. The van der Waals surface area contributed by atoms with Crippen molar-refractivity contribution in [3.8, 4) is 0 Å². The number of rotatable bonds is 9. The molecule has 1 aromatic rings. The quantitative estimate of drug-likeness (QED) is 0.681. The van der Waals surface area contributed by atoms with E-state index in [-0.39, 0.29) is 17.9 Å². The van der Waals surface area contributed by atoms with Crippen LogP contribution >= 0.6 is 11.8 Å². The van der Waals surface area contributed by atoms with Gasteiger partial charge >= 0.3 is 0 Å². The molecule has 0 spiro atoms. The molecular formula is C17H26N2O2S. The zero-order chi connectivity index (χ0) is 16.4. The third kappa shape index (κ3) is 7.50. The van der Waals surface area contributed by atoms with Crippen molar-refractivity contribution in [1.29, 1.82) is 0 Å². The molecule has 0 aromatic heterocycles. The maximum atomic E-state index is 11.9. The van der Waals surface area contributed by atoms with Gasteiger partial charge in [0.25, 0.3) is 0 Å².